The maximum atomic E-state index is 13.1. The number of carbonyl (C=O) groups excluding carboxylic acids is 4. The van der Waals surface area contributed by atoms with E-state index in [0.717, 1.165) is 30.5 Å². The van der Waals surface area contributed by atoms with Gasteiger partial charge in [-0.3, -0.25) is 24.5 Å². The van der Waals surface area contributed by atoms with Gasteiger partial charge in [0.2, 0.25) is 17.7 Å². The van der Waals surface area contributed by atoms with Crippen molar-refractivity contribution in [1.29, 1.82) is 0 Å². The Balaban J connectivity index is 1.41. The first kappa shape index (κ1) is 23.4. The van der Waals surface area contributed by atoms with Crippen LogP contribution in [-0.4, -0.2) is 64.6 Å². The summed E-state index contributed by atoms with van der Waals surface area (Å²) in [5.74, 6) is -0.689. The van der Waals surface area contributed by atoms with Crippen molar-refractivity contribution in [3.05, 3.63) is 34.9 Å². The molecule has 1 aromatic carbocycles. The van der Waals surface area contributed by atoms with E-state index in [4.69, 9.17) is 5.73 Å². The highest BCUT2D eigenvalue weighted by molar-refractivity contribution is 6.05. The number of nitrogens with one attached hydrogen (secondary N) is 2. The molecule has 3 atom stereocenters. The van der Waals surface area contributed by atoms with Crippen LogP contribution in [0.15, 0.2) is 18.2 Å². The minimum absolute atomic E-state index is 0.0390. The fourth-order valence-electron chi connectivity index (χ4n) is 4.98. The van der Waals surface area contributed by atoms with E-state index in [1.165, 1.54) is 0 Å². The van der Waals surface area contributed by atoms with Crippen LogP contribution >= 0.6 is 0 Å². The van der Waals surface area contributed by atoms with Crippen LogP contribution in [-0.2, 0) is 27.5 Å². The van der Waals surface area contributed by atoms with Gasteiger partial charge in [-0.15, -0.1) is 0 Å². The summed E-state index contributed by atoms with van der Waals surface area (Å²) in [6, 6.07) is 4.74. The molecule has 1 aromatic rings. The van der Waals surface area contributed by atoms with E-state index >= 15 is 0 Å². The van der Waals surface area contributed by atoms with Gasteiger partial charge in [-0.25, -0.2) is 0 Å². The summed E-state index contributed by atoms with van der Waals surface area (Å²) in [4.78, 5) is 53.1. The third-order valence-corrected chi connectivity index (χ3v) is 6.82. The average Bonchev–Trinajstić information content (AvgIpc) is 3.09. The molecule has 4 N–H and O–H groups in total. The normalized spacial score (nSPS) is 24.2. The molecule has 0 saturated carbocycles. The fraction of sp³-hybridized carbons (Fsp3) is 0.583. The highest BCUT2D eigenvalue weighted by atomic mass is 16.2. The summed E-state index contributed by atoms with van der Waals surface area (Å²) < 4.78 is 0. The van der Waals surface area contributed by atoms with Crippen LogP contribution < -0.4 is 16.4 Å². The molecule has 9 heteroatoms. The standard InChI is InChI=1S/C24H33N5O4/c1-14(2)21(24(33)28-9-3-4-17(25)13-28)26-11-15-5-6-18-16(10-15)12-29(23(18)32)19-7-8-20(30)27-22(19)31/h5-6,10,14,17,19,21,26H,3-4,7-9,11-13,25H2,1-2H3,(H,27,30,31)/t17?,19?,21-/m0/s1. The lowest BCUT2D eigenvalue weighted by Gasteiger charge is -2.35. The van der Waals surface area contributed by atoms with Crippen molar-refractivity contribution in [2.45, 2.75) is 70.7 Å². The number of rotatable bonds is 6. The summed E-state index contributed by atoms with van der Waals surface area (Å²) in [5.41, 5.74) is 8.48. The van der Waals surface area contributed by atoms with Crippen LogP contribution in [0.4, 0.5) is 0 Å². The summed E-state index contributed by atoms with van der Waals surface area (Å²) in [5, 5.41) is 5.73. The van der Waals surface area contributed by atoms with E-state index in [1.54, 1.807) is 11.0 Å². The van der Waals surface area contributed by atoms with Gasteiger partial charge in [-0.2, -0.15) is 0 Å². The largest absolute Gasteiger partial charge is 0.340 e. The zero-order chi connectivity index (χ0) is 23.7. The van der Waals surface area contributed by atoms with Crippen molar-refractivity contribution in [1.82, 2.24) is 20.4 Å². The molecule has 3 aliphatic heterocycles. The van der Waals surface area contributed by atoms with E-state index in [2.05, 4.69) is 10.6 Å². The molecule has 0 bridgehead atoms. The first-order chi connectivity index (χ1) is 15.7. The van der Waals surface area contributed by atoms with Crippen LogP contribution in [0.5, 0.6) is 0 Å². The van der Waals surface area contributed by atoms with Crippen molar-refractivity contribution in [3.63, 3.8) is 0 Å². The molecule has 2 saturated heterocycles. The lowest BCUT2D eigenvalue weighted by molar-refractivity contribution is -0.137. The molecule has 3 heterocycles. The van der Waals surface area contributed by atoms with E-state index in [1.807, 2.05) is 30.9 Å². The number of nitrogens with two attached hydrogens (primary N) is 1. The van der Waals surface area contributed by atoms with Gasteiger partial charge in [-0.1, -0.05) is 26.0 Å². The van der Waals surface area contributed by atoms with Crippen LogP contribution in [0.25, 0.3) is 0 Å². The molecule has 0 aromatic heterocycles. The molecule has 178 valence electrons. The summed E-state index contributed by atoms with van der Waals surface area (Å²) in [7, 11) is 0. The SMILES string of the molecule is CC(C)[C@H](NCc1ccc2c(c1)CN(C1CCC(=O)NC1=O)C2=O)C(=O)N1CCCC(N)C1. The number of piperidine rings is 2. The number of hydrogen-bond donors (Lipinski definition) is 3. The van der Waals surface area contributed by atoms with E-state index in [-0.39, 0.29) is 42.1 Å². The molecular weight excluding hydrogens is 422 g/mol. The van der Waals surface area contributed by atoms with Gasteiger partial charge in [-0.05, 0) is 42.4 Å². The second-order valence-electron chi connectivity index (χ2n) is 9.68. The number of carbonyl (C=O) groups is 4. The minimum atomic E-state index is -0.622. The summed E-state index contributed by atoms with van der Waals surface area (Å²) in [6.07, 6.45) is 2.46. The molecule has 2 fully saturated rings. The van der Waals surface area contributed by atoms with E-state index < -0.39 is 11.9 Å². The van der Waals surface area contributed by atoms with Gasteiger partial charge < -0.3 is 20.9 Å². The van der Waals surface area contributed by atoms with E-state index in [0.29, 0.717) is 31.6 Å². The minimum Gasteiger partial charge on any atom is -0.340 e. The Labute approximate surface area is 194 Å². The van der Waals surface area contributed by atoms with Crippen molar-refractivity contribution in [2.75, 3.05) is 13.1 Å². The Bertz CT molecular complexity index is 962. The van der Waals surface area contributed by atoms with Crippen molar-refractivity contribution < 1.29 is 19.2 Å². The molecule has 0 spiro atoms. The zero-order valence-electron chi connectivity index (χ0n) is 19.3. The second-order valence-corrected chi connectivity index (χ2v) is 9.68. The second kappa shape index (κ2) is 9.61. The Hall–Kier alpha value is -2.78. The van der Waals surface area contributed by atoms with Gasteiger partial charge in [0.05, 0.1) is 6.04 Å². The fourth-order valence-corrected chi connectivity index (χ4v) is 4.98. The van der Waals surface area contributed by atoms with Crippen LogP contribution in [0.2, 0.25) is 0 Å². The van der Waals surface area contributed by atoms with Gasteiger partial charge in [0.25, 0.3) is 5.91 Å². The molecule has 9 nitrogen and oxygen atoms in total. The molecule has 3 aliphatic rings. The van der Waals surface area contributed by atoms with Crippen LogP contribution in [0.1, 0.15) is 61.0 Å². The molecule has 0 radical (unpaired) electrons. The Morgan fingerprint density at radius 1 is 1.24 bits per heavy atom. The van der Waals surface area contributed by atoms with Gasteiger partial charge in [0.15, 0.2) is 0 Å². The first-order valence-electron chi connectivity index (χ1n) is 11.8. The average molecular weight is 456 g/mol. The summed E-state index contributed by atoms with van der Waals surface area (Å²) >= 11 is 0. The first-order valence-corrected chi connectivity index (χ1v) is 11.8. The maximum absolute atomic E-state index is 13.1. The molecule has 33 heavy (non-hydrogen) atoms. The van der Waals surface area contributed by atoms with Crippen molar-refractivity contribution in [3.8, 4) is 0 Å². The monoisotopic (exact) mass is 455 g/mol. The van der Waals surface area contributed by atoms with Gasteiger partial charge >= 0.3 is 0 Å². The van der Waals surface area contributed by atoms with Crippen molar-refractivity contribution in [2.24, 2.45) is 11.7 Å². The third kappa shape index (κ3) is 4.94. The zero-order valence-corrected chi connectivity index (χ0v) is 19.3. The molecule has 2 unspecified atom stereocenters. The quantitative estimate of drug-likeness (QED) is 0.537. The third-order valence-electron chi connectivity index (χ3n) is 6.82. The Morgan fingerprint density at radius 2 is 2.03 bits per heavy atom. The lowest BCUT2D eigenvalue weighted by atomic mass is 9.99. The van der Waals surface area contributed by atoms with Crippen LogP contribution in [0, 0.1) is 5.92 Å². The Kier molecular flexibility index (Phi) is 6.81. The van der Waals surface area contributed by atoms with Crippen LogP contribution in [0.3, 0.4) is 0 Å². The summed E-state index contributed by atoms with van der Waals surface area (Å²) in [6.45, 7) is 6.23. The number of fused-ring (bicyclic) bond motifs is 1. The van der Waals surface area contributed by atoms with Gasteiger partial charge in [0, 0.05) is 44.2 Å². The smallest absolute Gasteiger partial charge is 0.255 e. The molecule has 4 amide bonds. The number of nitrogens with zero attached hydrogens (tertiary/aromatic N) is 2. The topological polar surface area (TPSA) is 125 Å². The molecule has 0 aliphatic carbocycles. The van der Waals surface area contributed by atoms with E-state index in [9.17, 15) is 19.2 Å². The number of imide groups is 1. The molecular formula is C24H33N5O4. The lowest BCUT2D eigenvalue weighted by Crippen LogP contribution is -2.54. The number of likely N-dealkylation sites (tertiary alicyclic amines) is 1. The highest BCUT2D eigenvalue weighted by Gasteiger charge is 2.39. The predicted molar refractivity (Wildman–Crippen MR) is 122 cm³/mol. The number of benzene rings is 1. The molecule has 4 rings (SSSR count). The van der Waals surface area contributed by atoms with Gasteiger partial charge in [0.1, 0.15) is 6.04 Å². The number of amides is 4. The van der Waals surface area contributed by atoms with Crippen molar-refractivity contribution >= 4 is 23.6 Å². The Morgan fingerprint density at radius 3 is 2.73 bits per heavy atom. The number of hydrogen-bond acceptors (Lipinski definition) is 6. The predicted octanol–water partition coefficient (Wildman–Crippen LogP) is 0.512. The highest BCUT2D eigenvalue weighted by Crippen LogP contribution is 2.28. The maximum Gasteiger partial charge on any atom is 0.255 e.